The summed E-state index contributed by atoms with van der Waals surface area (Å²) in [5.41, 5.74) is 2.58. The van der Waals surface area contributed by atoms with Crippen LogP contribution in [0, 0.1) is 0 Å². The number of aliphatic hydroxyl groups excluding tert-OH is 1. The molecule has 1 atom stereocenters. The minimum absolute atomic E-state index is 0.205. The Hall–Kier alpha value is -2.06. The van der Waals surface area contributed by atoms with E-state index in [1.54, 1.807) is 11.1 Å². The summed E-state index contributed by atoms with van der Waals surface area (Å²) in [6, 6.07) is 5.95. The van der Waals surface area contributed by atoms with Gasteiger partial charge in [-0.3, -0.25) is 14.2 Å². The van der Waals surface area contributed by atoms with Gasteiger partial charge in [-0.25, -0.2) is 0 Å². The summed E-state index contributed by atoms with van der Waals surface area (Å²) < 4.78 is 3.04. The lowest BCUT2D eigenvalue weighted by atomic mass is 9.95. The average molecular weight is 404 g/mol. The highest BCUT2D eigenvalue weighted by Gasteiger charge is 2.28. The van der Waals surface area contributed by atoms with Crippen LogP contribution in [0.3, 0.4) is 0 Å². The van der Waals surface area contributed by atoms with Crippen molar-refractivity contribution in [1.82, 2.24) is 24.5 Å². The highest BCUT2D eigenvalue weighted by Crippen LogP contribution is 2.29. The number of nitrogens with zero attached hydrogens (tertiary/aromatic N) is 5. The van der Waals surface area contributed by atoms with E-state index < -0.39 is 6.10 Å². The Morgan fingerprint density at radius 1 is 1.32 bits per heavy atom. The van der Waals surface area contributed by atoms with Gasteiger partial charge in [-0.2, -0.15) is 0 Å². The molecule has 25 heavy (non-hydrogen) atoms. The molecule has 7 nitrogen and oxygen atoms in total. The molecule has 0 bridgehead atoms. The maximum atomic E-state index is 11.9. The van der Waals surface area contributed by atoms with Gasteiger partial charge in [0, 0.05) is 23.5 Å². The Morgan fingerprint density at radius 3 is 2.80 bits per heavy atom. The highest BCUT2D eigenvalue weighted by molar-refractivity contribution is 9.10. The van der Waals surface area contributed by atoms with Gasteiger partial charge in [0.25, 0.3) is 5.91 Å². The zero-order chi connectivity index (χ0) is 17.6. The van der Waals surface area contributed by atoms with Crippen molar-refractivity contribution in [2.75, 3.05) is 13.1 Å². The summed E-state index contributed by atoms with van der Waals surface area (Å²) in [4.78, 5) is 18.1. The lowest BCUT2D eigenvalue weighted by molar-refractivity contribution is -0.140. The van der Waals surface area contributed by atoms with Crippen LogP contribution in [-0.2, 0) is 4.79 Å². The number of amides is 1. The molecule has 4 rings (SSSR count). The number of carbonyl (C=O) groups is 1. The van der Waals surface area contributed by atoms with Crippen molar-refractivity contribution in [3.8, 4) is 0 Å². The van der Waals surface area contributed by atoms with Gasteiger partial charge in [0.15, 0.2) is 5.65 Å². The molecule has 1 amide bonds. The molecule has 0 unspecified atom stereocenters. The van der Waals surface area contributed by atoms with Crippen LogP contribution in [0.2, 0.25) is 0 Å². The molecule has 1 fully saturated rings. The van der Waals surface area contributed by atoms with E-state index in [0.29, 0.717) is 13.1 Å². The molecule has 1 aliphatic rings. The number of likely N-dealkylation sites (tertiary alicyclic amines) is 1. The molecule has 0 saturated carbocycles. The van der Waals surface area contributed by atoms with Crippen LogP contribution in [0.1, 0.15) is 31.5 Å². The third-order valence-corrected chi connectivity index (χ3v) is 5.23. The number of piperidine rings is 1. The van der Waals surface area contributed by atoms with Crippen LogP contribution in [0.4, 0.5) is 0 Å². The fourth-order valence-corrected chi connectivity index (χ4v) is 3.79. The normalized spacial score (nSPS) is 17.3. The van der Waals surface area contributed by atoms with Gasteiger partial charge in [-0.15, -0.1) is 10.2 Å². The van der Waals surface area contributed by atoms with E-state index in [4.69, 9.17) is 0 Å². The van der Waals surface area contributed by atoms with Gasteiger partial charge in [-0.05, 0) is 38.0 Å². The molecule has 2 aromatic heterocycles. The number of hydrogen-bond acceptors (Lipinski definition) is 5. The molecule has 1 N–H and O–H groups in total. The molecular weight excluding hydrogens is 386 g/mol. The smallest absolute Gasteiger partial charge is 0.251 e. The zero-order valence-corrected chi connectivity index (χ0v) is 15.3. The van der Waals surface area contributed by atoms with Gasteiger partial charge in [0.1, 0.15) is 11.9 Å². The van der Waals surface area contributed by atoms with E-state index in [1.165, 1.54) is 6.92 Å². The number of aromatic nitrogens is 4. The number of carbonyl (C=O) groups excluding carboxylic acids is 1. The lowest BCUT2D eigenvalue weighted by Gasteiger charge is -2.32. The van der Waals surface area contributed by atoms with Crippen LogP contribution in [0.25, 0.3) is 16.7 Å². The Kier molecular flexibility index (Phi) is 4.16. The van der Waals surface area contributed by atoms with Crippen molar-refractivity contribution in [2.24, 2.45) is 0 Å². The molecule has 1 saturated heterocycles. The fraction of sp³-hybridized carbons (Fsp3) is 0.412. The van der Waals surface area contributed by atoms with Crippen LogP contribution < -0.4 is 0 Å². The Labute approximate surface area is 152 Å². The minimum Gasteiger partial charge on any atom is -0.384 e. The summed E-state index contributed by atoms with van der Waals surface area (Å²) in [6.45, 7) is 2.75. The quantitative estimate of drug-likeness (QED) is 0.708. The number of aliphatic hydroxyl groups is 1. The number of hydrogen-bond donors (Lipinski definition) is 1. The van der Waals surface area contributed by atoms with Crippen molar-refractivity contribution in [2.45, 2.75) is 31.8 Å². The molecule has 0 spiro atoms. The van der Waals surface area contributed by atoms with Crippen molar-refractivity contribution >= 4 is 38.5 Å². The van der Waals surface area contributed by atoms with Crippen LogP contribution >= 0.6 is 15.9 Å². The van der Waals surface area contributed by atoms with Gasteiger partial charge >= 0.3 is 0 Å². The Bertz CT molecular complexity index is 947. The third-order valence-electron chi connectivity index (χ3n) is 4.74. The second kappa shape index (κ2) is 6.34. The van der Waals surface area contributed by atoms with E-state index >= 15 is 0 Å². The fourth-order valence-electron chi connectivity index (χ4n) is 3.44. The lowest BCUT2D eigenvalue weighted by Crippen LogP contribution is -2.42. The first kappa shape index (κ1) is 16.4. The van der Waals surface area contributed by atoms with Crippen LogP contribution in [0.15, 0.2) is 28.9 Å². The van der Waals surface area contributed by atoms with Gasteiger partial charge < -0.3 is 10.0 Å². The second-order valence-corrected chi connectivity index (χ2v) is 7.33. The molecule has 130 valence electrons. The Morgan fingerprint density at radius 2 is 2.08 bits per heavy atom. The largest absolute Gasteiger partial charge is 0.384 e. The number of rotatable bonds is 2. The summed E-state index contributed by atoms with van der Waals surface area (Å²) in [5, 5.41) is 18.2. The standard InChI is InChI=1S/C17H18BrN5O2/c1-10(24)17(25)22-6-4-11(5-7-22)16-21-20-15-9-19-13-3-2-12(18)8-14(13)23(15)16/h2-3,8-11,24H,4-7H2,1H3/t10-/m0/s1. The summed E-state index contributed by atoms with van der Waals surface area (Å²) >= 11 is 3.51. The summed E-state index contributed by atoms with van der Waals surface area (Å²) in [6.07, 6.45) is 2.39. The number of halogens is 1. The monoisotopic (exact) mass is 403 g/mol. The molecule has 1 aliphatic heterocycles. The first-order chi connectivity index (χ1) is 12.0. The number of benzene rings is 1. The molecule has 0 aliphatic carbocycles. The van der Waals surface area contributed by atoms with Crippen LogP contribution in [-0.4, -0.2) is 54.7 Å². The maximum absolute atomic E-state index is 11.9. The van der Waals surface area contributed by atoms with E-state index in [-0.39, 0.29) is 11.8 Å². The topological polar surface area (TPSA) is 83.6 Å². The first-order valence-electron chi connectivity index (χ1n) is 8.31. The van der Waals surface area contributed by atoms with Gasteiger partial charge in [-0.1, -0.05) is 15.9 Å². The van der Waals surface area contributed by atoms with Crippen LogP contribution in [0.5, 0.6) is 0 Å². The molecule has 0 radical (unpaired) electrons. The van der Waals surface area contributed by atoms with Crippen molar-refractivity contribution in [3.63, 3.8) is 0 Å². The van der Waals surface area contributed by atoms with Crippen molar-refractivity contribution < 1.29 is 9.90 Å². The molecule has 1 aromatic carbocycles. The predicted molar refractivity (Wildman–Crippen MR) is 96.2 cm³/mol. The van der Waals surface area contributed by atoms with E-state index in [0.717, 1.165) is 39.8 Å². The summed E-state index contributed by atoms with van der Waals surface area (Å²) in [5.74, 6) is 0.922. The molecule has 8 heteroatoms. The Balaban J connectivity index is 1.69. The highest BCUT2D eigenvalue weighted by atomic mass is 79.9. The second-order valence-electron chi connectivity index (χ2n) is 6.42. The van der Waals surface area contributed by atoms with Crippen molar-refractivity contribution in [1.29, 1.82) is 0 Å². The molecular formula is C17H18BrN5O2. The minimum atomic E-state index is -0.946. The van der Waals surface area contributed by atoms with Crippen molar-refractivity contribution in [3.05, 3.63) is 34.7 Å². The predicted octanol–water partition coefficient (Wildman–Crippen LogP) is 2.13. The van der Waals surface area contributed by atoms with Gasteiger partial charge in [0.05, 0.1) is 17.2 Å². The third kappa shape index (κ3) is 2.89. The van der Waals surface area contributed by atoms with E-state index in [1.807, 2.05) is 18.2 Å². The maximum Gasteiger partial charge on any atom is 0.251 e. The van der Waals surface area contributed by atoms with E-state index in [9.17, 15) is 9.90 Å². The van der Waals surface area contributed by atoms with Gasteiger partial charge in [0.2, 0.25) is 0 Å². The zero-order valence-electron chi connectivity index (χ0n) is 13.8. The average Bonchev–Trinajstić information content (AvgIpc) is 3.05. The summed E-state index contributed by atoms with van der Waals surface area (Å²) in [7, 11) is 0. The first-order valence-corrected chi connectivity index (χ1v) is 9.10. The molecule has 3 heterocycles. The number of fused-ring (bicyclic) bond motifs is 3. The molecule has 3 aromatic rings. The SMILES string of the molecule is C[C@H](O)C(=O)N1CCC(c2nnc3cnc4ccc(Br)cc4n23)CC1. The van der Waals surface area contributed by atoms with E-state index in [2.05, 4.69) is 35.5 Å².